The van der Waals surface area contributed by atoms with E-state index in [-0.39, 0.29) is 37.8 Å². The summed E-state index contributed by atoms with van der Waals surface area (Å²) in [5.41, 5.74) is 0.940. The number of aliphatic carboxylic acids is 1. The first-order valence-corrected chi connectivity index (χ1v) is 6.67. The Morgan fingerprint density at radius 3 is 2.62 bits per heavy atom. The van der Waals surface area contributed by atoms with Crippen LogP contribution in [0.4, 0.5) is 0 Å². The lowest BCUT2D eigenvalue weighted by Crippen LogP contribution is -3.00. The maximum Gasteiger partial charge on any atom is 0.305 e. The highest BCUT2D eigenvalue weighted by atomic mass is 35.5. The summed E-state index contributed by atoms with van der Waals surface area (Å²) in [6.07, 6.45) is 4.96. The fourth-order valence-corrected chi connectivity index (χ4v) is 2.07. The molecule has 0 aliphatic heterocycles. The molecule has 2 aromatic heterocycles. The van der Waals surface area contributed by atoms with Crippen molar-refractivity contribution in [1.29, 1.82) is 0 Å². The Morgan fingerprint density at radius 2 is 2.05 bits per heavy atom. The predicted octanol–water partition coefficient (Wildman–Crippen LogP) is -2.91. The molecule has 0 unspecified atom stereocenters. The highest BCUT2D eigenvalue weighted by molar-refractivity contribution is 7.09. The van der Waals surface area contributed by atoms with Crippen molar-refractivity contribution in [2.75, 3.05) is 6.54 Å². The molecule has 0 saturated heterocycles. The summed E-state index contributed by atoms with van der Waals surface area (Å²) in [5.74, 6) is -1.15. The quantitative estimate of drug-likeness (QED) is 0.554. The number of carboxylic acid groups (broad SMARTS) is 1. The van der Waals surface area contributed by atoms with Crippen molar-refractivity contribution in [3.05, 3.63) is 30.9 Å². The molecule has 2 aromatic rings. The molecule has 0 atom stereocenters. The Hall–Kier alpha value is -2.06. The number of hydrogen-bond acceptors (Lipinski definition) is 5. The van der Waals surface area contributed by atoms with Gasteiger partial charge in [-0.15, -0.1) is 0 Å². The van der Waals surface area contributed by atoms with Gasteiger partial charge in [-0.05, 0) is 11.5 Å². The van der Waals surface area contributed by atoms with E-state index in [1.54, 1.807) is 17.0 Å². The van der Waals surface area contributed by atoms with Crippen LogP contribution in [0.3, 0.4) is 0 Å². The van der Waals surface area contributed by atoms with Crippen molar-refractivity contribution in [3.8, 4) is 10.6 Å². The van der Waals surface area contributed by atoms with Crippen molar-refractivity contribution < 1.29 is 31.7 Å². The number of amides is 1. The van der Waals surface area contributed by atoms with E-state index in [2.05, 4.69) is 14.7 Å². The SMILES string of the molecule is O=C(O)CCNC(=O)C[n+]1ccc(-c2ncns2)cc1.[Cl-]. The summed E-state index contributed by atoms with van der Waals surface area (Å²) >= 11 is 1.30. The third-order valence-corrected chi connectivity index (χ3v) is 3.20. The van der Waals surface area contributed by atoms with Crippen LogP contribution in [0.15, 0.2) is 30.9 Å². The van der Waals surface area contributed by atoms with Crippen molar-refractivity contribution in [2.45, 2.75) is 13.0 Å². The molecular weight excluding hydrogens is 316 g/mol. The molecule has 0 fully saturated rings. The van der Waals surface area contributed by atoms with Gasteiger partial charge >= 0.3 is 5.97 Å². The van der Waals surface area contributed by atoms with Crippen LogP contribution >= 0.6 is 11.5 Å². The number of carbonyl (C=O) groups excluding carboxylic acids is 1. The lowest BCUT2D eigenvalue weighted by Gasteiger charge is -2.01. The zero-order valence-electron chi connectivity index (χ0n) is 10.9. The molecule has 0 aliphatic rings. The van der Waals surface area contributed by atoms with E-state index in [1.807, 2.05) is 12.1 Å². The fraction of sp³-hybridized carbons (Fsp3) is 0.250. The number of carbonyl (C=O) groups is 2. The smallest absolute Gasteiger partial charge is 0.305 e. The van der Waals surface area contributed by atoms with Gasteiger partial charge in [0.25, 0.3) is 5.91 Å². The average molecular weight is 329 g/mol. The van der Waals surface area contributed by atoms with Crippen molar-refractivity contribution in [2.24, 2.45) is 0 Å². The van der Waals surface area contributed by atoms with Crippen molar-refractivity contribution in [1.82, 2.24) is 14.7 Å². The third-order valence-electron chi connectivity index (χ3n) is 2.49. The first-order chi connectivity index (χ1) is 9.65. The standard InChI is InChI=1S/C12H12N4O3S.ClH/c17-10(13-4-1-11(18)19)7-16-5-2-9(3-6-16)12-14-8-15-20-12;/h2-3,5-6,8H,1,4,7H2,(H-,13,17,18,19);1H. The van der Waals surface area contributed by atoms with Gasteiger partial charge in [0, 0.05) is 24.2 Å². The summed E-state index contributed by atoms with van der Waals surface area (Å²) in [7, 11) is 0. The van der Waals surface area contributed by atoms with E-state index in [0.717, 1.165) is 10.6 Å². The van der Waals surface area contributed by atoms with Crippen LogP contribution < -0.4 is 22.3 Å². The lowest BCUT2D eigenvalue weighted by molar-refractivity contribution is -0.684. The summed E-state index contributed by atoms with van der Waals surface area (Å²) < 4.78 is 5.64. The molecular formula is C12H13ClN4O3S. The van der Waals surface area contributed by atoms with Gasteiger partial charge in [0.15, 0.2) is 12.4 Å². The summed E-state index contributed by atoms with van der Waals surface area (Å²) in [6, 6.07) is 3.70. The maximum atomic E-state index is 11.6. The Morgan fingerprint density at radius 1 is 1.33 bits per heavy atom. The molecule has 9 heteroatoms. The molecule has 2 N–H and O–H groups in total. The van der Waals surface area contributed by atoms with E-state index >= 15 is 0 Å². The number of carboxylic acids is 1. The predicted molar refractivity (Wildman–Crippen MR) is 70.8 cm³/mol. The molecule has 0 bridgehead atoms. The van der Waals surface area contributed by atoms with Crippen LogP contribution in [0.25, 0.3) is 10.6 Å². The fourth-order valence-electron chi connectivity index (χ4n) is 1.54. The maximum absolute atomic E-state index is 11.6. The second kappa shape index (κ2) is 8.28. The van der Waals surface area contributed by atoms with Gasteiger partial charge in [0.2, 0.25) is 6.54 Å². The van der Waals surface area contributed by atoms with Gasteiger partial charge in [0.1, 0.15) is 11.3 Å². The van der Waals surface area contributed by atoms with Gasteiger partial charge in [-0.1, -0.05) is 0 Å². The minimum Gasteiger partial charge on any atom is -1.00 e. The zero-order valence-corrected chi connectivity index (χ0v) is 12.5. The van der Waals surface area contributed by atoms with E-state index in [4.69, 9.17) is 5.11 Å². The van der Waals surface area contributed by atoms with Crippen LogP contribution in [-0.2, 0) is 16.1 Å². The van der Waals surface area contributed by atoms with Crippen LogP contribution in [0.1, 0.15) is 6.42 Å². The number of rotatable bonds is 6. The Labute approximate surface area is 131 Å². The average Bonchev–Trinajstić information content (AvgIpc) is 2.93. The summed E-state index contributed by atoms with van der Waals surface area (Å²) in [4.78, 5) is 26.0. The molecule has 0 radical (unpaired) electrons. The van der Waals surface area contributed by atoms with Gasteiger partial charge in [-0.3, -0.25) is 9.59 Å². The molecule has 112 valence electrons. The molecule has 7 nitrogen and oxygen atoms in total. The monoisotopic (exact) mass is 328 g/mol. The lowest BCUT2D eigenvalue weighted by atomic mass is 10.3. The highest BCUT2D eigenvalue weighted by Gasteiger charge is 2.10. The molecule has 0 aliphatic carbocycles. The number of pyridine rings is 1. The molecule has 0 aromatic carbocycles. The first kappa shape index (κ1) is 17.0. The van der Waals surface area contributed by atoms with Crippen LogP contribution in [-0.4, -0.2) is 32.9 Å². The Bertz CT molecular complexity index is 589. The van der Waals surface area contributed by atoms with Crippen LogP contribution in [0, 0.1) is 0 Å². The second-order valence-electron chi connectivity index (χ2n) is 4.00. The van der Waals surface area contributed by atoms with Crippen LogP contribution in [0.5, 0.6) is 0 Å². The number of halogens is 1. The summed E-state index contributed by atoms with van der Waals surface area (Å²) in [5, 5.41) is 11.8. The molecule has 2 rings (SSSR count). The van der Waals surface area contributed by atoms with Crippen LogP contribution in [0.2, 0.25) is 0 Å². The molecule has 0 spiro atoms. The molecule has 0 saturated carbocycles. The number of nitrogens with zero attached hydrogens (tertiary/aromatic N) is 3. The molecule has 1 amide bonds. The number of hydrogen-bond donors (Lipinski definition) is 2. The second-order valence-corrected chi connectivity index (χ2v) is 4.78. The highest BCUT2D eigenvalue weighted by Crippen LogP contribution is 2.17. The van der Waals surface area contributed by atoms with Gasteiger partial charge in [-0.2, -0.15) is 8.94 Å². The van der Waals surface area contributed by atoms with E-state index < -0.39 is 5.97 Å². The minimum absolute atomic E-state index is 0. The molecule has 21 heavy (non-hydrogen) atoms. The zero-order chi connectivity index (χ0) is 14.4. The van der Waals surface area contributed by atoms with E-state index in [1.165, 1.54) is 17.9 Å². The normalized spacial score (nSPS) is 9.71. The molecule has 2 heterocycles. The van der Waals surface area contributed by atoms with E-state index in [0.29, 0.717) is 0 Å². The van der Waals surface area contributed by atoms with Gasteiger partial charge < -0.3 is 22.8 Å². The van der Waals surface area contributed by atoms with E-state index in [9.17, 15) is 9.59 Å². The summed E-state index contributed by atoms with van der Waals surface area (Å²) in [6.45, 7) is 0.285. The Kier molecular flexibility index (Phi) is 6.70. The third kappa shape index (κ3) is 5.44. The van der Waals surface area contributed by atoms with Gasteiger partial charge in [-0.25, -0.2) is 4.98 Å². The minimum atomic E-state index is -0.931. The van der Waals surface area contributed by atoms with Gasteiger partial charge in [0.05, 0.1) is 6.42 Å². The number of aromatic nitrogens is 3. The first-order valence-electron chi connectivity index (χ1n) is 5.90. The Balaban J connectivity index is 0.00000220. The largest absolute Gasteiger partial charge is 1.00 e. The topological polar surface area (TPSA) is 96.1 Å². The number of nitrogens with one attached hydrogen (secondary N) is 1. The van der Waals surface area contributed by atoms with Crippen molar-refractivity contribution >= 4 is 23.4 Å². The van der Waals surface area contributed by atoms with Crippen molar-refractivity contribution in [3.63, 3.8) is 0 Å².